The van der Waals surface area contributed by atoms with Crippen molar-refractivity contribution in [2.24, 2.45) is 5.92 Å². The molecular formula is C16H25N2O+. The summed E-state index contributed by atoms with van der Waals surface area (Å²) in [6, 6.07) is 11.0. The minimum absolute atomic E-state index is 0.0578. The third-order valence-corrected chi connectivity index (χ3v) is 4.63. The van der Waals surface area contributed by atoms with Crippen LogP contribution in [0.4, 0.5) is 0 Å². The fraction of sp³-hybridized carbons (Fsp3) is 0.562. The van der Waals surface area contributed by atoms with E-state index in [2.05, 4.69) is 50.5 Å². The summed E-state index contributed by atoms with van der Waals surface area (Å²) in [5, 5.41) is 3.26. The van der Waals surface area contributed by atoms with Crippen molar-refractivity contribution in [2.45, 2.75) is 38.8 Å². The van der Waals surface area contributed by atoms with Gasteiger partial charge in [0.05, 0.1) is 25.2 Å². The number of carbonyl (C=O) groups is 1. The molecule has 0 bridgehead atoms. The van der Waals surface area contributed by atoms with Crippen LogP contribution in [0.2, 0.25) is 0 Å². The van der Waals surface area contributed by atoms with Crippen LogP contribution < -0.4 is 10.2 Å². The monoisotopic (exact) mass is 261 g/mol. The first-order chi connectivity index (χ1) is 8.95. The van der Waals surface area contributed by atoms with Gasteiger partial charge in [0.25, 0.3) is 0 Å². The summed E-state index contributed by atoms with van der Waals surface area (Å²) in [7, 11) is 2.24. The SMILES string of the molecule is CC(=O)N[C@]1(c2ccccc2)C[C@H](C)[NH+](C)C[C@@H]1C. The number of nitrogens with one attached hydrogen (secondary N) is 2. The van der Waals surface area contributed by atoms with Crippen molar-refractivity contribution in [1.82, 2.24) is 5.32 Å². The van der Waals surface area contributed by atoms with Crippen LogP contribution in [-0.2, 0) is 10.3 Å². The molecule has 0 spiro atoms. The standard InChI is InChI=1S/C16H24N2O/c1-12-11-18(4)13(2)10-16(12,17-14(3)19)15-8-6-5-7-9-15/h5-9,12-13H,10-11H2,1-4H3,(H,17,19)/p+1/t12-,13-,16+/m0/s1. The second kappa shape index (κ2) is 5.33. The number of piperidine rings is 1. The number of amides is 1. The number of quaternary nitrogens is 1. The number of hydrogen-bond donors (Lipinski definition) is 2. The van der Waals surface area contributed by atoms with E-state index in [-0.39, 0.29) is 11.4 Å². The molecular weight excluding hydrogens is 236 g/mol. The Labute approximate surface area is 116 Å². The quantitative estimate of drug-likeness (QED) is 0.817. The van der Waals surface area contributed by atoms with E-state index in [0.29, 0.717) is 12.0 Å². The molecule has 4 atom stereocenters. The molecule has 1 heterocycles. The molecule has 3 heteroatoms. The summed E-state index contributed by atoms with van der Waals surface area (Å²) in [5.74, 6) is 0.484. The molecule has 0 radical (unpaired) electrons. The normalized spacial score (nSPS) is 34.8. The molecule has 1 saturated heterocycles. The van der Waals surface area contributed by atoms with Gasteiger partial charge in [-0.1, -0.05) is 37.3 Å². The van der Waals surface area contributed by atoms with E-state index in [4.69, 9.17) is 0 Å². The smallest absolute Gasteiger partial charge is 0.217 e. The van der Waals surface area contributed by atoms with Crippen LogP contribution in [0.25, 0.3) is 0 Å². The molecule has 1 aromatic carbocycles. The molecule has 0 saturated carbocycles. The molecule has 1 aliphatic heterocycles. The number of carbonyl (C=O) groups excluding carboxylic acids is 1. The van der Waals surface area contributed by atoms with E-state index < -0.39 is 0 Å². The maximum Gasteiger partial charge on any atom is 0.217 e. The van der Waals surface area contributed by atoms with Gasteiger partial charge in [-0.15, -0.1) is 0 Å². The highest BCUT2D eigenvalue weighted by Gasteiger charge is 2.46. The molecule has 1 aromatic rings. The zero-order chi connectivity index (χ0) is 14.0. The summed E-state index contributed by atoms with van der Waals surface area (Å²) in [4.78, 5) is 13.3. The van der Waals surface area contributed by atoms with Crippen molar-refractivity contribution >= 4 is 5.91 Å². The zero-order valence-electron chi connectivity index (χ0n) is 12.4. The molecule has 104 valence electrons. The fourth-order valence-corrected chi connectivity index (χ4v) is 3.42. The molecule has 19 heavy (non-hydrogen) atoms. The van der Waals surface area contributed by atoms with Crippen LogP contribution in [0.5, 0.6) is 0 Å². The van der Waals surface area contributed by atoms with Gasteiger partial charge in [-0.3, -0.25) is 4.79 Å². The Morgan fingerprint density at radius 2 is 1.95 bits per heavy atom. The number of likely N-dealkylation sites (tertiary alicyclic amines) is 1. The third kappa shape index (κ3) is 2.66. The van der Waals surface area contributed by atoms with E-state index in [0.717, 1.165) is 13.0 Å². The minimum atomic E-state index is -0.216. The average molecular weight is 261 g/mol. The van der Waals surface area contributed by atoms with Crippen molar-refractivity contribution in [1.29, 1.82) is 0 Å². The highest BCUT2D eigenvalue weighted by molar-refractivity contribution is 5.74. The van der Waals surface area contributed by atoms with Crippen LogP contribution >= 0.6 is 0 Å². The maximum atomic E-state index is 11.7. The fourth-order valence-electron chi connectivity index (χ4n) is 3.42. The first-order valence-electron chi connectivity index (χ1n) is 7.12. The first-order valence-corrected chi connectivity index (χ1v) is 7.12. The lowest BCUT2D eigenvalue weighted by Crippen LogP contribution is -3.15. The molecule has 1 fully saturated rings. The van der Waals surface area contributed by atoms with E-state index in [1.54, 1.807) is 11.8 Å². The highest BCUT2D eigenvalue weighted by atomic mass is 16.1. The van der Waals surface area contributed by atoms with Gasteiger partial charge >= 0.3 is 0 Å². The van der Waals surface area contributed by atoms with Crippen LogP contribution in [0.15, 0.2) is 30.3 Å². The summed E-state index contributed by atoms with van der Waals surface area (Å²) in [5.41, 5.74) is 1.02. The van der Waals surface area contributed by atoms with Gasteiger partial charge < -0.3 is 10.2 Å². The second-order valence-electron chi connectivity index (χ2n) is 6.08. The van der Waals surface area contributed by atoms with Crippen LogP contribution in [-0.4, -0.2) is 25.5 Å². The summed E-state index contributed by atoms with van der Waals surface area (Å²) < 4.78 is 0. The Bertz CT molecular complexity index is 445. The molecule has 1 amide bonds. The Balaban J connectivity index is 2.43. The lowest BCUT2D eigenvalue weighted by molar-refractivity contribution is -0.915. The Hall–Kier alpha value is -1.35. The van der Waals surface area contributed by atoms with Gasteiger partial charge in [-0.2, -0.15) is 0 Å². The van der Waals surface area contributed by atoms with Crippen LogP contribution in [0, 0.1) is 5.92 Å². The molecule has 2 N–H and O–H groups in total. The molecule has 0 aromatic heterocycles. The first kappa shape index (κ1) is 14.1. The summed E-state index contributed by atoms with van der Waals surface area (Å²) >= 11 is 0. The van der Waals surface area contributed by atoms with Gasteiger partial charge in [0, 0.05) is 19.3 Å². The van der Waals surface area contributed by atoms with E-state index in [9.17, 15) is 4.79 Å². The van der Waals surface area contributed by atoms with Gasteiger partial charge in [-0.25, -0.2) is 0 Å². The van der Waals surface area contributed by atoms with Crippen molar-refractivity contribution in [3.8, 4) is 0 Å². The lowest BCUT2D eigenvalue weighted by Gasteiger charge is -2.47. The molecule has 3 nitrogen and oxygen atoms in total. The van der Waals surface area contributed by atoms with Crippen molar-refractivity contribution in [3.63, 3.8) is 0 Å². The van der Waals surface area contributed by atoms with Crippen LogP contribution in [0.3, 0.4) is 0 Å². The Morgan fingerprint density at radius 1 is 1.32 bits per heavy atom. The van der Waals surface area contributed by atoms with E-state index in [1.165, 1.54) is 5.56 Å². The molecule has 1 aliphatic rings. The van der Waals surface area contributed by atoms with E-state index in [1.807, 2.05) is 6.07 Å². The van der Waals surface area contributed by atoms with Gasteiger partial charge in [0.15, 0.2) is 0 Å². The van der Waals surface area contributed by atoms with Crippen LogP contribution in [0.1, 0.15) is 32.8 Å². The topological polar surface area (TPSA) is 33.5 Å². The molecule has 0 aliphatic carbocycles. The molecule has 1 unspecified atom stereocenters. The second-order valence-corrected chi connectivity index (χ2v) is 6.08. The Kier molecular flexibility index (Phi) is 3.95. The third-order valence-electron chi connectivity index (χ3n) is 4.63. The zero-order valence-corrected chi connectivity index (χ0v) is 12.4. The van der Waals surface area contributed by atoms with Crippen molar-refractivity contribution in [3.05, 3.63) is 35.9 Å². The predicted octanol–water partition coefficient (Wildman–Crippen LogP) is 0.961. The lowest BCUT2D eigenvalue weighted by atomic mass is 9.71. The van der Waals surface area contributed by atoms with Gasteiger partial charge in [0.2, 0.25) is 5.91 Å². The molecule has 2 rings (SSSR count). The minimum Gasteiger partial charge on any atom is -0.346 e. The van der Waals surface area contributed by atoms with Gasteiger partial charge in [0.1, 0.15) is 0 Å². The van der Waals surface area contributed by atoms with E-state index >= 15 is 0 Å². The predicted molar refractivity (Wildman–Crippen MR) is 76.9 cm³/mol. The average Bonchev–Trinajstić information content (AvgIpc) is 2.36. The van der Waals surface area contributed by atoms with Crippen molar-refractivity contribution in [2.75, 3.05) is 13.6 Å². The summed E-state index contributed by atoms with van der Waals surface area (Å²) in [6.07, 6.45) is 0.990. The highest BCUT2D eigenvalue weighted by Crippen LogP contribution is 2.35. The number of benzene rings is 1. The number of rotatable bonds is 2. The van der Waals surface area contributed by atoms with Crippen molar-refractivity contribution < 1.29 is 9.69 Å². The maximum absolute atomic E-state index is 11.7. The number of hydrogen-bond acceptors (Lipinski definition) is 1. The van der Waals surface area contributed by atoms with Gasteiger partial charge in [-0.05, 0) is 12.5 Å². The Morgan fingerprint density at radius 3 is 2.53 bits per heavy atom. The largest absolute Gasteiger partial charge is 0.346 e. The summed E-state index contributed by atoms with van der Waals surface area (Å²) in [6.45, 7) is 7.21.